The SMILES string of the molecule is O=C(c1ccn2cc(-c3ccc(OC(F)(F)F)cc3)nc2c1)N(C1CC1)C1CCN(Cc2ccccc2)CC1. The normalized spacial score (nSPS) is 16.9. The molecule has 2 aromatic carbocycles. The van der Waals surface area contributed by atoms with Crippen molar-refractivity contribution in [3.8, 4) is 17.0 Å². The van der Waals surface area contributed by atoms with Crippen LogP contribution in [0.15, 0.2) is 79.1 Å². The molecule has 0 unspecified atom stereocenters. The number of carbonyl (C=O) groups excluding carboxylic acids is 1. The zero-order valence-electron chi connectivity index (χ0n) is 21.3. The van der Waals surface area contributed by atoms with E-state index >= 15 is 0 Å². The van der Waals surface area contributed by atoms with Gasteiger partial charge < -0.3 is 14.0 Å². The van der Waals surface area contributed by atoms with Gasteiger partial charge in [-0.05, 0) is 67.6 Å². The van der Waals surface area contributed by atoms with Crippen molar-refractivity contribution in [1.29, 1.82) is 0 Å². The molecule has 6 rings (SSSR count). The van der Waals surface area contributed by atoms with Crippen LogP contribution in [0.25, 0.3) is 16.9 Å². The number of amides is 1. The topological polar surface area (TPSA) is 50.1 Å². The van der Waals surface area contributed by atoms with Gasteiger partial charge in [-0.15, -0.1) is 13.2 Å². The van der Waals surface area contributed by atoms with E-state index in [4.69, 9.17) is 0 Å². The monoisotopic (exact) mass is 534 g/mol. The predicted octanol–water partition coefficient (Wildman–Crippen LogP) is 6.17. The van der Waals surface area contributed by atoms with E-state index in [2.05, 4.69) is 43.8 Å². The van der Waals surface area contributed by atoms with Gasteiger partial charge in [-0.2, -0.15) is 0 Å². The van der Waals surface area contributed by atoms with Crippen LogP contribution in [-0.2, 0) is 6.54 Å². The molecule has 1 saturated heterocycles. The second kappa shape index (κ2) is 10.4. The van der Waals surface area contributed by atoms with E-state index in [9.17, 15) is 18.0 Å². The number of carbonyl (C=O) groups is 1. The smallest absolute Gasteiger partial charge is 0.406 e. The Morgan fingerprint density at radius 1 is 0.949 bits per heavy atom. The van der Waals surface area contributed by atoms with E-state index in [0.29, 0.717) is 28.5 Å². The highest BCUT2D eigenvalue weighted by atomic mass is 19.4. The maximum absolute atomic E-state index is 13.7. The maximum Gasteiger partial charge on any atom is 0.573 e. The number of hydrogen-bond acceptors (Lipinski definition) is 4. The van der Waals surface area contributed by atoms with Gasteiger partial charge in [0.05, 0.1) is 5.69 Å². The van der Waals surface area contributed by atoms with Gasteiger partial charge in [-0.3, -0.25) is 9.69 Å². The van der Waals surface area contributed by atoms with Gasteiger partial charge >= 0.3 is 6.36 Å². The first kappa shape index (κ1) is 25.4. The van der Waals surface area contributed by atoms with Crippen LogP contribution in [0.5, 0.6) is 5.75 Å². The highest BCUT2D eigenvalue weighted by molar-refractivity contribution is 5.95. The van der Waals surface area contributed by atoms with E-state index in [0.717, 1.165) is 45.3 Å². The zero-order valence-corrected chi connectivity index (χ0v) is 21.3. The van der Waals surface area contributed by atoms with Crippen LogP contribution >= 0.6 is 0 Å². The van der Waals surface area contributed by atoms with Crippen LogP contribution in [0.2, 0.25) is 0 Å². The van der Waals surface area contributed by atoms with Gasteiger partial charge in [0.15, 0.2) is 0 Å². The quantitative estimate of drug-likeness (QED) is 0.285. The van der Waals surface area contributed by atoms with Gasteiger partial charge in [0, 0.05) is 55.2 Å². The number of aromatic nitrogens is 2. The van der Waals surface area contributed by atoms with Gasteiger partial charge in [-0.25, -0.2) is 4.98 Å². The van der Waals surface area contributed by atoms with E-state index in [1.54, 1.807) is 12.3 Å². The lowest BCUT2D eigenvalue weighted by Crippen LogP contribution is -2.48. The molecule has 6 nitrogen and oxygen atoms in total. The molecule has 1 aliphatic heterocycles. The molecule has 2 fully saturated rings. The molecule has 1 saturated carbocycles. The summed E-state index contributed by atoms with van der Waals surface area (Å²) in [7, 11) is 0. The van der Waals surface area contributed by atoms with Crippen molar-refractivity contribution in [2.45, 2.75) is 50.7 Å². The molecule has 2 aromatic heterocycles. The lowest BCUT2D eigenvalue weighted by molar-refractivity contribution is -0.274. The number of rotatable bonds is 7. The number of hydrogen-bond donors (Lipinski definition) is 0. The molecule has 0 radical (unpaired) electrons. The minimum Gasteiger partial charge on any atom is -0.406 e. The summed E-state index contributed by atoms with van der Waals surface area (Å²) in [6.45, 7) is 2.86. The summed E-state index contributed by atoms with van der Waals surface area (Å²) in [5, 5.41) is 0. The first-order chi connectivity index (χ1) is 18.8. The van der Waals surface area contributed by atoms with Crippen molar-refractivity contribution in [2.75, 3.05) is 13.1 Å². The van der Waals surface area contributed by atoms with Gasteiger partial charge in [0.2, 0.25) is 0 Å². The first-order valence-corrected chi connectivity index (χ1v) is 13.3. The van der Waals surface area contributed by atoms with Crippen molar-refractivity contribution in [2.24, 2.45) is 0 Å². The third-order valence-corrected chi connectivity index (χ3v) is 7.47. The molecule has 202 valence electrons. The highest BCUT2D eigenvalue weighted by Crippen LogP contribution is 2.34. The number of piperidine rings is 1. The Kier molecular flexibility index (Phi) is 6.76. The average Bonchev–Trinajstić information content (AvgIpc) is 3.66. The van der Waals surface area contributed by atoms with Gasteiger partial charge in [0.25, 0.3) is 5.91 Å². The van der Waals surface area contributed by atoms with E-state index < -0.39 is 6.36 Å². The first-order valence-electron chi connectivity index (χ1n) is 13.3. The van der Waals surface area contributed by atoms with Crippen molar-refractivity contribution < 1.29 is 22.7 Å². The lowest BCUT2D eigenvalue weighted by Gasteiger charge is -2.39. The van der Waals surface area contributed by atoms with Gasteiger partial charge in [0.1, 0.15) is 11.4 Å². The molecule has 39 heavy (non-hydrogen) atoms. The Bertz CT molecular complexity index is 1440. The molecule has 9 heteroatoms. The molecule has 0 atom stereocenters. The lowest BCUT2D eigenvalue weighted by atomic mass is 10.0. The molecule has 0 N–H and O–H groups in total. The number of likely N-dealkylation sites (tertiary alicyclic amines) is 1. The Labute approximate surface area is 224 Å². The van der Waals surface area contributed by atoms with Crippen LogP contribution in [0.1, 0.15) is 41.6 Å². The van der Waals surface area contributed by atoms with Crippen LogP contribution in [0, 0.1) is 0 Å². The highest BCUT2D eigenvalue weighted by Gasteiger charge is 2.39. The van der Waals surface area contributed by atoms with E-state index in [1.807, 2.05) is 22.7 Å². The molecular formula is C30H29F3N4O2. The second-order valence-corrected chi connectivity index (χ2v) is 10.3. The fourth-order valence-electron chi connectivity index (χ4n) is 5.41. The third-order valence-electron chi connectivity index (χ3n) is 7.47. The molecular weight excluding hydrogens is 505 g/mol. The van der Waals surface area contributed by atoms with E-state index in [1.165, 1.54) is 29.8 Å². The summed E-state index contributed by atoms with van der Waals surface area (Å²) >= 11 is 0. The molecule has 0 bridgehead atoms. The molecule has 3 heterocycles. The number of pyridine rings is 1. The summed E-state index contributed by atoms with van der Waals surface area (Å²) in [6.07, 6.45) is 2.87. The standard InChI is InChI=1S/C30H29F3N4O2/c31-30(32,33)39-26-10-6-22(7-11-26)27-20-36-17-12-23(18-28(36)34-27)29(38)37(24-8-9-24)25-13-15-35(16-14-25)19-21-4-2-1-3-5-21/h1-7,10-12,17-18,20,24-25H,8-9,13-16,19H2. The minimum atomic E-state index is -4.74. The minimum absolute atomic E-state index is 0.0414. The maximum atomic E-state index is 13.7. The largest absolute Gasteiger partial charge is 0.573 e. The fraction of sp³-hybridized carbons (Fsp3) is 0.333. The number of ether oxygens (including phenoxy) is 1. The number of benzene rings is 2. The Morgan fingerprint density at radius 2 is 1.64 bits per heavy atom. The van der Waals surface area contributed by atoms with Crippen molar-refractivity contribution in [3.63, 3.8) is 0 Å². The summed E-state index contributed by atoms with van der Waals surface area (Å²) in [4.78, 5) is 22.9. The molecule has 2 aliphatic rings. The van der Waals surface area contributed by atoms with Crippen LogP contribution < -0.4 is 4.74 Å². The third kappa shape index (κ3) is 5.93. The van der Waals surface area contributed by atoms with Crippen LogP contribution in [0.4, 0.5) is 13.2 Å². The second-order valence-electron chi connectivity index (χ2n) is 10.3. The van der Waals surface area contributed by atoms with Crippen molar-refractivity contribution >= 4 is 11.6 Å². The Morgan fingerprint density at radius 3 is 2.31 bits per heavy atom. The number of fused-ring (bicyclic) bond motifs is 1. The van der Waals surface area contributed by atoms with Crippen molar-refractivity contribution in [3.05, 3.63) is 90.3 Å². The number of halogens is 3. The number of imidazole rings is 1. The molecule has 0 spiro atoms. The molecule has 4 aromatic rings. The number of alkyl halides is 3. The summed E-state index contributed by atoms with van der Waals surface area (Å²) in [6, 6.07) is 20.2. The summed E-state index contributed by atoms with van der Waals surface area (Å²) < 4.78 is 43.2. The zero-order chi connectivity index (χ0) is 27.0. The fourth-order valence-corrected chi connectivity index (χ4v) is 5.41. The summed E-state index contributed by atoms with van der Waals surface area (Å²) in [5.74, 6) is -0.242. The molecule has 1 amide bonds. The van der Waals surface area contributed by atoms with Crippen molar-refractivity contribution in [1.82, 2.24) is 19.2 Å². The van der Waals surface area contributed by atoms with Gasteiger partial charge in [-0.1, -0.05) is 30.3 Å². The molecule has 1 aliphatic carbocycles. The Balaban J connectivity index is 1.15. The van der Waals surface area contributed by atoms with Crippen LogP contribution in [-0.4, -0.2) is 56.6 Å². The van der Waals surface area contributed by atoms with E-state index in [-0.39, 0.29) is 17.7 Å². The average molecular weight is 535 g/mol. The Hall–Kier alpha value is -3.85. The summed E-state index contributed by atoms with van der Waals surface area (Å²) in [5.41, 5.74) is 3.78. The number of nitrogens with zero attached hydrogens (tertiary/aromatic N) is 4. The predicted molar refractivity (Wildman–Crippen MR) is 141 cm³/mol. The van der Waals surface area contributed by atoms with Crippen LogP contribution in [0.3, 0.4) is 0 Å².